The minimum Gasteiger partial charge on any atom is -0.468 e. The number of aliphatic hydroxyl groups excluding tert-OH is 1. The summed E-state index contributed by atoms with van der Waals surface area (Å²) in [5.41, 5.74) is -8.41. The first-order valence-electron chi connectivity index (χ1n) is 12.1. The van der Waals surface area contributed by atoms with Gasteiger partial charge in [-0.05, 0) is 57.8 Å². The fourth-order valence-electron chi connectivity index (χ4n) is 9.34. The second kappa shape index (κ2) is 6.38. The van der Waals surface area contributed by atoms with E-state index in [1.807, 2.05) is 13.0 Å². The molecular weight excluding hydrogens is 440 g/mol. The summed E-state index contributed by atoms with van der Waals surface area (Å²) in [7, 11) is 1.18. The fourth-order valence-corrected chi connectivity index (χ4v) is 9.34. The number of fused-ring (bicyclic) bond motifs is 5. The molecule has 1 spiro atoms. The molecule has 2 saturated heterocycles. The monoisotopic (exact) mass is 474 g/mol. The van der Waals surface area contributed by atoms with Gasteiger partial charge in [0.25, 0.3) is 0 Å². The molecule has 34 heavy (non-hydrogen) atoms. The second-order valence-corrected chi connectivity index (χ2v) is 12.1. The molecule has 0 amide bonds. The summed E-state index contributed by atoms with van der Waals surface area (Å²) in [4.78, 5) is 55.2. The van der Waals surface area contributed by atoms with Crippen molar-refractivity contribution in [2.24, 2.45) is 38.9 Å². The Labute approximate surface area is 199 Å². The van der Waals surface area contributed by atoms with Crippen LogP contribution in [0.2, 0.25) is 0 Å². The van der Waals surface area contributed by atoms with Gasteiger partial charge in [0.05, 0.1) is 24.5 Å². The van der Waals surface area contributed by atoms with Crippen LogP contribution in [0.5, 0.6) is 0 Å². The van der Waals surface area contributed by atoms with Gasteiger partial charge in [-0.1, -0.05) is 25.5 Å². The van der Waals surface area contributed by atoms with E-state index in [-0.39, 0.29) is 24.6 Å². The Kier molecular flexibility index (Phi) is 4.44. The summed E-state index contributed by atoms with van der Waals surface area (Å²) >= 11 is 0. The van der Waals surface area contributed by atoms with Gasteiger partial charge in [0.1, 0.15) is 6.10 Å². The molecule has 2 aliphatic heterocycles. The largest absolute Gasteiger partial charge is 0.468 e. The van der Waals surface area contributed by atoms with Crippen LogP contribution in [0.15, 0.2) is 11.6 Å². The molecule has 2 N–H and O–H groups in total. The Morgan fingerprint density at radius 2 is 1.76 bits per heavy atom. The quantitative estimate of drug-likeness (QED) is 0.352. The van der Waals surface area contributed by atoms with Crippen molar-refractivity contribution in [3.05, 3.63) is 11.6 Å². The van der Waals surface area contributed by atoms with Gasteiger partial charge >= 0.3 is 11.9 Å². The minimum atomic E-state index is -2.37. The van der Waals surface area contributed by atoms with Gasteiger partial charge in [0.15, 0.2) is 22.6 Å². The van der Waals surface area contributed by atoms with E-state index < -0.39 is 56.1 Å². The molecule has 6 rings (SSSR count). The summed E-state index contributed by atoms with van der Waals surface area (Å²) in [6.45, 7) is 7.99. The molecule has 3 saturated carbocycles. The first kappa shape index (κ1) is 23.7. The topological polar surface area (TPSA) is 127 Å². The Morgan fingerprint density at radius 1 is 1.12 bits per heavy atom. The van der Waals surface area contributed by atoms with Gasteiger partial charge in [-0.3, -0.25) is 19.2 Å². The molecule has 8 heteroatoms. The molecule has 9 atom stereocenters. The van der Waals surface area contributed by atoms with Crippen LogP contribution in [0.3, 0.4) is 0 Å². The van der Waals surface area contributed by atoms with Crippen molar-refractivity contribution in [2.45, 2.75) is 72.0 Å². The zero-order valence-electron chi connectivity index (χ0n) is 20.7. The Bertz CT molecular complexity index is 1070. The molecule has 0 aromatic rings. The number of carbonyl (C=O) groups excluding carboxylic acids is 4. The van der Waals surface area contributed by atoms with Crippen molar-refractivity contribution < 1.29 is 38.9 Å². The average molecular weight is 475 g/mol. The van der Waals surface area contributed by atoms with Gasteiger partial charge in [-0.25, -0.2) is 0 Å². The number of carbonyl (C=O) groups is 4. The number of ether oxygens (including phenoxy) is 2. The minimum absolute atomic E-state index is 0.143. The van der Waals surface area contributed by atoms with Crippen molar-refractivity contribution in [3.63, 3.8) is 0 Å². The molecule has 186 valence electrons. The van der Waals surface area contributed by atoms with E-state index in [0.717, 1.165) is 6.92 Å². The van der Waals surface area contributed by atoms with Gasteiger partial charge < -0.3 is 19.7 Å². The number of Topliss-reactive ketones (excluding diaryl/α,β-unsaturated/α-hetero) is 2. The van der Waals surface area contributed by atoms with E-state index in [2.05, 4.69) is 0 Å². The Morgan fingerprint density at radius 3 is 2.32 bits per heavy atom. The van der Waals surface area contributed by atoms with E-state index in [1.54, 1.807) is 20.8 Å². The van der Waals surface area contributed by atoms with Crippen LogP contribution in [0.1, 0.15) is 60.3 Å². The standard InChI is InChI=1S/C26H34O8/c1-13-11-15-22(3,26(20(31)33-6)18(29)24(5,32)17(28)23(13,26)4)9-7-14-21(2,12-27)16-8-10-25(14,15)19(30)34-16/h11,14-16,27,32H,7-10,12H2,1-6H3. The number of allylic oxidation sites excluding steroid dienone is 2. The molecular formula is C26H34O8. The van der Waals surface area contributed by atoms with Crippen molar-refractivity contribution in [1.29, 1.82) is 0 Å². The Hall–Kier alpha value is -2.06. The lowest BCUT2D eigenvalue weighted by molar-refractivity contribution is -0.270. The molecule has 6 aliphatic rings. The van der Waals surface area contributed by atoms with E-state index in [0.29, 0.717) is 31.3 Å². The highest BCUT2D eigenvalue weighted by Gasteiger charge is 2.86. The normalized spacial score (nSPS) is 53.5. The predicted molar refractivity (Wildman–Crippen MR) is 118 cm³/mol. The van der Waals surface area contributed by atoms with Crippen LogP contribution >= 0.6 is 0 Å². The summed E-state index contributed by atoms with van der Waals surface area (Å²) in [5, 5.41) is 21.5. The number of rotatable bonds is 2. The van der Waals surface area contributed by atoms with Crippen molar-refractivity contribution >= 4 is 23.5 Å². The number of methoxy groups -OCH3 is 1. The van der Waals surface area contributed by atoms with E-state index in [1.165, 1.54) is 7.11 Å². The lowest BCUT2D eigenvalue weighted by Crippen LogP contribution is -2.74. The molecule has 0 radical (unpaired) electrons. The number of hydrogen-bond donors (Lipinski definition) is 2. The third-order valence-electron chi connectivity index (χ3n) is 11.1. The SMILES string of the molecule is COC(=O)C12C(=O)C(C)(O)C(=O)C1(C)C(C)=CC1C34CCC(OC3=O)C(C)(CO)C4CCC12C. The number of hydrogen-bond acceptors (Lipinski definition) is 8. The molecule has 0 aromatic heterocycles. The van der Waals surface area contributed by atoms with Crippen molar-refractivity contribution in [1.82, 2.24) is 0 Å². The van der Waals surface area contributed by atoms with Crippen LogP contribution in [-0.4, -0.2) is 59.1 Å². The molecule has 2 heterocycles. The summed E-state index contributed by atoms with van der Waals surface area (Å²) in [6, 6.07) is 0. The smallest absolute Gasteiger partial charge is 0.321 e. The number of esters is 2. The van der Waals surface area contributed by atoms with Gasteiger partial charge in [0, 0.05) is 11.3 Å². The third-order valence-corrected chi connectivity index (χ3v) is 11.1. The van der Waals surface area contributed by atoms with Gasteiger partial charge in [0.2, 0.25) is 0 Å². The van der Waals surface area contributed by atoms with Gasteiger partial charge in [-0.15, -0.1) is 0 Å². The van der Waals surface area contributed by atoms with Crippen LogP contribution in [0, 0.1) is 38.9 Å². The number of aliphatic hydroxyl groups is 2. The molecule has 9 unspecified atom stereocenters. The molecule has 8 nitrogen and oxygen atoms in total. The predicted octanol–water partition coefficient (Wildman–Crippen LogP) is 1.75. The zero-order chi connectivity index (χ0) is 25.3. The second-order valence-electron chi connectivity index (χ2n) is 12.1. The van der Waals surface area contributed by atoms with E-state index in [9.17, 15) is 29.4 Å². The molecule has 2 bridgehead atoms. The van der Waals surface area contributed by atoms with Crippen LogP contribution in [-0.2, 0) is 28.7 Å². The highest BCUT2D eigenvalue weighted by Crippen LogP contribution is 2.78. The summed E-state index contributed by atoms with van der Waals surface area (Å²) in [6.07, 6.45) is 3.40. The highest BCUT2D eigenvalue weighted by molar-refractivity contribution is 6.30. The summed E-state index contributed by atoms with van der Waals surface area (Å²) < 4.78 is 11.1. The van der Waals surface area contributed by atoms with E-state index in [4.69, 9.17) is 9.47 Å². The first-order valence-corrected chi connectivity index (χ1v) is 12.1. The molecule has 4 aliphatic carbocycles. The third kappa shape index (κ3) is 1.97. The zero-order valence-corrected chi connectivity index (χ0v) is 20.7. The van der Waals surface area contributed by atoms with Crippen LogP contribution in [0.4, 0.5) is 0 Å². The lowest BCUT2D eigenvalue weighted by atomic mass is 9.33. The summed E-state index contributed by atoms with van der Waals surface area (Å²) in [5.74, 6) is -3.64. The van der Waals surface area contributed by atoms with Crippen molar-refractivity contribution in [3.8, 4) is 0 Å². The van der Waals surface area contributed by atoms with E-state index >= 15 is 0 Å². The fraction of sp³-hybridized carbons (Fsp3) is 0.769. The first-order chi connectivity index (χ1) is 15.7. The Balaban J connectivity index is 1.86. The van der Waals surface area contributed by atoms with Gasteiger partial charge in [-0.2, -0.15) is 0 Å². The molecule has 5 fully saturated rings. The maximum absolute atomic E-state index is 14.1. The van der Waals surface area contributed by atoms with Crippen molar-refractivity contribution in [2.75, 3.05) is 13.7 Å². The van der Waals surface area contributed by atoms with Crippen LogP contribution in [0.25, 0.3) is 0 Å². The maximum atomic E-state index is 14.1. The average Bonchev–Trinajstić information content (AvgIpc) is 2.92. The lowest BCUT2D eigenvalue weighted by Gasteiger charge is -2.70. The highest BCUT2D eigenvalue weighted by atomic mass is 16.6. The maximum Gasteiger partial charge on any atom is 0.321 e. The molecule has 0 aromatic carbocycles. The van der Waals surface area contributed by atoms with Crippen LogP contribution < -0.4 is 0 Å². The number of ketones is 2.